The fourth-order valence-electron chi connectivity index (χ4n) is 1.54. The van der Waals surface area contributed by atoms with E-state index < -0.39 is 0 Å². The van der Waals surface area contributed by atoms with Gasteiger partial charge in [-0.3, -0.25) is 9.78 Å². The second-order valence-corrected chi connectivity index (χ2v) is 4.10. The van der Waals surface area contributed by atoms with Gasteiger partial charge in [0.25, 0.3) is 5.91 Å². The average molecular weight is 281 g/mol. The standard InChI is InChI=1S/C16H15N3O2/c1-2-11-21-15-5-3-14(4-6-15)16(20)19-18-12-13-7-9-17-10-8-13/h2-10,12H,1,11H2,(H,19,20). The van der Waals surface area contributed by atoms with Gasteiger partial charge in [-0.15, -0.1) is 0 Å². The third kappa shape index (κ3) is 4.58. The molecule has 1 aromatic heterocycles. The summed E-state index contributed by atoms with van der Waals surface area (Å²) in [6.45, 7) is 4.00. The van der Waals surface area contributed by atoms with E-state index in [1.54, 1.807) is 61.1 Å². The van der Waals surface area contributed by atoms with Gasteiger partial charge in [0.05, 0.1) is 6.21 Å². The molecule has 0 fully saturated rings. The Morgan fingerprint density at radius 3 is 2.62 bits per heavy atom. The molecule has 2 rings (SSSR count). The van der Waals surface area contributed by atoms with Crippen LogP contribution in [0.15, 0.2) is 66.5 Å². The van der Waals surface area contributed by atoms with E-state index in [0.29, 0.717) is 17.9 Å². The maximum atomic E-state index is 11.9. The number of carbonyl (C=O) groups excluding carboxylic acids is 1. The Morgan fingerprint density at radius 2 is 1.95 bits per heavy atom. The Morgan fingerprint density at radius 1 is 1.24 bits per heavy atom. The predicted molar refractivity (Wildman–Crippen MR) is 81.4 cm³/mol. The quantitative estimate of drug-likeness (QED) is 0.502. The van der Waals surface area contributed by atoms with Crippen LogP contribution in [0.2, 0.25) is 0 Å². The molecule has 0 radical (unpaired) electrons. The molecule has 0 unspecified atom stereocenters. The molecule has 106 valence electrons. The minimum Gasteiger partial charge on any atom is -0.490 e. The highest BCUT2D eigenvalue weighted by Gasteiger charge is 2.03. The number of nitrogens with one attached hydrogen (secondary N) is 1. The molecule has 1 amide bonds. The van der Waals surface area contributed by atoms with E-state index in [1.165, 1.54) is 0 Å². The Labute approximate surface area is 123 Å². The van der Waals surface area contributed by atoms with Crippen LogP contribution in [-0.2, 0) is 0 Å². The Hall–Kier alpha value is -2.95. The number of hydrazone groups is 1. The van der Waals surface area contributed by atoms with E-state index in [9.17, 15) is 4.79 Å². The number of nitrogens with zero attached hydrogens (tertiary/aromatic N) is 2. The van der Waals surface area contributed by atoms with Gasteiger partial charge < -0.3 is 4.74 Å². The molecule has 0 aliphatic carbocycles. The van der Waals surface area contributed by atoms with Crippen LogP contribution in [0.5, 0.6) is 5.75 Å². The van der Waals surface area contributed by atoms with Gasteiger partial charge in [-0.1, -0.05) is 12.7 Å². The summed E-state index contributed by atoms with van der Waals surface area (Å²) in [5, 5.41) is 3.89. The van der Waals surface area contributed by atoms with Crippen LogP contribution < -0.4 is 10.2 Å². The summed E-state index contributed by atoms with van der Waals surface area (Å²) in [5.41, 5.74) is 3.83. The van der Waals surface area contributed by atoms with Gasteiger partial charge in [0.2, 0.25) is 0 Å². The maximum absolute atomic E-state index is 11.9. The minimum atomic E-state index is -0.282. The number of amides is 1. The van der Waals surface area contributed by atoms with Crippen LogP contribution in [0.3, 0.4) is 0 Å². The molecule has 0 aliphatic rings. The zero-order valence-corrected chi connectivity index (χ0v) is 11.4. The molecule has 2 aromatic rings. The number of benzene rings is 1. The first-order valence-electron chi connectivity index (χ1n) is 6.37. The number of aromatic nitrogens is 1. The molecule has 0 atom stereocenters. The Balaban J connectivity index is 1.91. The number of rotatable bonds is 6. The van der Waals surface area contributed by atoms with Crippen molar-refractivity contribution in [2.24, 2.45) is 5.10 Å². The van der Waals surface area contributed by atoms with E-state index in [4.69, 9.17) is 4.74 Å². The van der Waals surface area contributed by atoms with E-state index in [1.807, 2.05) is 0 Å². The summed E-state index contributed by atoms with van der Waals surface area (Å²) in [6, 6.07) is 10.4. The van der Waals surface area contributed by atoms with Crippen LogP contribution in [-0.4, -0.2) is 23.7 Å². The predicted octanol–water partition coefficient (Wildman–Crippen LogP) is 2.41. The summed E-state index contributed by atoms with van der Waals surface area (Å²) in [4.78, 5) is 15.8. The lowest BCUT2D eigenvalue weighted by Crippen LogP contribution is -2.17. The zero-order chi connectivity index (χ0) is 14.9. The smallest absolute Gasteiger partial charge is 0.271 e. The molecule has 1 heterocycles. The monoisotopic (exact) mass is 281 g/mol. The van der Waals surface area contributed by atoms with Crippen molar-refractivity contribution in [3.05, 3.63) is 72.6 Å². The van der Waals surface area contributed by atoms with Gasteiger partial charge in [0.1, 0.15) is 12.4 Å². The van der Waals surface area contributed by atoms with Gasteiger partial charge >= 0.3 is 0 Å². The highest BCUT2D eigenvalue weighted by molar-refractivity contribution is 5.94. The summed E-state index contributed by atoms with van der Waals surface area (Å²) in [7, 11) is 0. The van der Waals surface area contributed by atoms with Crippen LogP contribution in [0.25, 0.3) is 0 Å². The van der Waals surface area contributed by atoms with Crippen molar-refractivity contribution in [1.29, 1.82) is 0 Å². The molecule has 1 aromatic carbocycles. The van der Waals surface area contributed by atoms with Gasteiger partial charge in [-0.05, 0) is 42.0 Å². The second-order valence-electron chi connectivity index (χ2n) is 4.10. The SMILES string of the molecule is C=CCOc1ccc(C(=O)NN=Cc2ccncc2)cc1. The number of hydrogen-bond donors (Lipinski definition) is 1. The van der Waals surface area contributed by atoms with Crippen molar-refractivity contribution in [2.45, 2.75) is 0 Å². The summed E-state index contributed by atoms with van der Waals surface area (Å²) < 4.78 is 5.34. The lowest BCUT2D eigenvalue weighted by molar-refractivity contribution is 0.0955. The van der Waals surface area contributed by atoms with Crippen molar-refractivity contribution in [3.63, 3.8) is 0 Å². The highest BCUT2D eigenvalue weighted by Crippen LogP contribution is 2.12. The first kappa shape index (κ1) is 14.5. The van der Waals surface area contributed by atoms with Crippen LogP contribution in [0.1, 0.15) is 15.9 Å². The minimum absolute atomic E-state index is 0.282. The lowest BCUT2D eigenvalue weighted by Gasteiger charge is -2.04. The van der Waals surface area contributed by atoms with Crippen LogP contribution >= 0.6 is 0 Å². The topological polar surface area (TPSA) is 63.6 Å². The van der Waals surface area contributed by atoms with E-state index >= 15 is 0 Å². The van der Waals surface area contributed by atoms with Crippen molar-refractivity contribution in [3.8, 4) is 5.75 Å². The molecular weight excluding hydrogens is 266 g/mol. The largest absolute Gasteiger partial charge is 0.490 e. The normalized spacial score (nSPS) is 10.3. The molecule has 0 saturated heterocycles. The highest BCUT2D eigenvalue weighted by atomic mass is 16.5. The molecule has 5 heteroatoms. The lowest BCUT2D eigenvalue weighted by atomic mass is 10.2. The van der Waals surface area contributed by atoms with Gasteiger partial charge in [0, 0.05) is 18.0 Å². The third-order valence-corrected chi connectivity index (χ3v) is 2.57. The van der Waals surface area contributed by atoms with Crippen LogP contribution in [0, 0.1) is 0 Å². The van der Waals surface area contributed by atoms with Crippen molar-refractivity contribution in [1.82, 2.24) is 10.4 Å². The van der Waals surface area contributed by atoms with Crippen LogP contribution in [0.4, 0.5) is 0 Å². The van der Waals surface area contributed by atoms with E-state index in [2.05, 4.69) is 22.1 Å². The molecule has 0 spiro atoms. The second kappa shape index (κ2) is 7.59. The molecular formula is C16H15N3O2. The average Bonchev–Trinajstić information content (AvgIpc) is 2.54. The first-order valence-corrected chi connectivity index (χ1v) is 6.37. The van der Waals surface area contributed by atoms with Crippen molar-refractivity contribution < 1.29 is 9.53 Å². The molecule has 0 saturated carbocycles. The fraction of sp³-hybridized carbons (Fsp3) is 0.0625. The van der Waals surface area contributed by atoms with Gasteiger partial charge in [0.15, 0.2) is 0 Å². The Kier molecular flexibility index (Phi) is 5.23. The zero-order valence-electron chi connectivity index (χ0n) is 11.4. The van der Waals surface area contributed by atoms with E-state index in [0.717, 1.165) is 5.56 Å². The summed E-state index contributed by atoms with van der Waals surface area (Å²) in [5.74, 6) is 0.405. The van der Waals surface area contributed by atoms with Crippen molar-refractivity contribution >= 4 is 12.1 Å². The molecule has 0 bridgehead atoms. The van der Waals surface area contributed by atoms with Gasteiger partial charge in [-0.25, -0.2) is 5.43 Å². The first-order chi connectivity index (χ1) is 10.3. The van der Waals surface area contributed by atoms with E-state index in [-0.39, 0.29) is 5.91 Å². The Bertz CT molecular complexity index is 622. The number of hydrogen-bond acceptors (Lipinski definition) is 4. The molecule has 5 nitrogen and oxygen atoms in total. The number of pyridine rings is 1. The maximum Gasteiger partial charge on any atom is 0.271 e. The van der Waals surface area contributed by atoms with Gasteiger partial charge in [-0.2, -0.15) is 5.10 Å². The summed E-state index contributed by atoms with van der Waals surface area (Å²) in [6.07, 6.45) is 6.53. The molecule has 21 heavy (non-hydrogen) atoms. The molecule has 0 aliphatic heterocycles. The molecule has 1 N–H and O–H groups in total. The fourth-order valence-corrected chi connectivity index (χ4v) is 1.54. The third-order valence-electron chi connectivity index (χ3n) is 2.57. The summed E-state index contributed by atoms with van der Waals surface area (Å²) >= 11 is 0. The van der Waals surface area contributed by atoms with Crippen molar-refractivity contribution in [2.75, 3.05) is 6.61 Å². The number of ether oxygens (including phenoxy) is 1. The number of carbonyl (C=O) groups is 1.